The van der Waals surface area contributed by atoms with Crippen LogP contribution in [0.5, 0.6) is 0 Å². The molecular formula is C14H26ClIOSi. The van der Waals surface area contributed by atoms with Gasteiger partial charge in [-0.3, -0.25) is 0 Å². The van der Waals surface area contributed by atoms with E-state index in [0.717, 1.165) is 17.9 Å². The fourth-order valence-corrected chi connectivity index (χ4v) is 3.04. The van der Waals surface area contributed by atoms with Crippen LogP contribution in [0.4, 0.5) is 0 Å². The van der Waals surface area contributed by atoms with Crippen molar-refractivity contribution in [1.29, 1.82) is 0 Å². The van der Waals surface area contributed by atoms with Gasteiger partial charge in [0.25, 0.3) is 0 Å². The Morgan fingerprint density at radius 3 is 2.28 bits per heavy atom. The molecule has 18 heavy (non-hydrogen) atoms. The van der Waals surface area contributed by atoms with Crippen molar-refractivity contribution >= 4 is 42.5 Å². The molecule has 0 N–H and O–H groups in total. The molecule has 0 spiro atoms. The zero-order chi connectivity index (χ0) is 14.4. The van der Waals surface area contributed by atoms with Crippen LogP contribution in [0.2, 0.25) is 18.1 Å². The van der Waals surface area contributed by atoms with Gasteiger partial charge in [0, 0.05) is 5.03 Å². The van der Waals surface area contributed by atoms with Crippen molar-refractivity contribution in [2.24, 2.45) is 0 Å². The minimum Gasteiger partial charge on any atom is -0.413 e. The number of hydrogen-bond acceptors (Lipinski definition) is 1. The van der Waals surface area contributed by atoms with Crippen molar-refractivity contribution in [2.45, 2.75) is 64.8 Å². The standard InChI is InChI=1S/C14H26ClIOSi/c1-12(15)9-10-13(8-7-11-16)17-18(5,6)14(2,3)4/h7,9,11,13H,8,10H2,1-6H3/t13-/m1/s1. The Morgan fingerprint density at radius 1 is 1.33 bits per heavy atom. The molecule has 1 atom stereocenters. The molecule has 0 saturated carbocycles. The summed E-state index contributed by atoms with van der Waals surface area (Å²) in [6.45, 7) is 13.3. The fourth-order valence-electron chi connectivity index (χ4n) is 1.28. The van der Waals surface area contributed by atoms with Crippen LogP contribution in [0, 0.1) is 0 Å². The lowest BCUT2D eigenvalue weighted by molar-refractivity contribution is 0.186. The highest BCUT2D eigenvalue weighted by Crippen LogP contribution is 2.38. The van der Waals surface area contributed by atoms with Gasteiger partial charge in [-0.2, -0.15) is 0 Å². The first-order chi connectivity index (χ1) is 8.10. The average Bonchev–Trinajstić information content (AvgIpc) is 2.20. The Balaban J connectivity index is 4.72. The smallest absolute Gasteiger partial charge is 0.192 e. The lowest BCUT2D eigenvalue weighted by Gasteiger charge is -2.39. The second-order valence-corrected chi connectivity index (χ2v) is 12.2. The Morgan fingerprint density at radius 2 is 1.89 bits per heavy atom. The number of halogens is 2. The highest BCUT2D eigenvalue weighted by molar-refractivity contribution is 14.1. The van der Waals surface area contributed by atoms with Crippen LogP contribution >= 0.6 is 34.2 Å². The van der Waals surface area contributed by atoms with Crippen molar-refractivity contribution in [3.63, 3.8) is 0 Å². The zero-order valence-corrected chi connectivity index (χ0v) is 16.3. The van der Waals surface area contributed by atoms with Crippen molar-refractivity contribution in [2.75, 3.05) is 0 Å². The first kappa shape index (κ1) is 18.7. The maximum atomic E-state index is 6.44. The summed E-state index contributed by atoms with van der Waals surface area (Å²) < 4.78 is 8.49. The zero-order valence-electron chi connectivity index (χ0n) is 12.4. The monoisotopic (exact) mass is 400 g/mol. The molecule has 0 aliphatic heterocycles. The minimum absolute atomic E-state index is 0.241. The lowest BCUT2D eigenvalue weighted by atomic mass is 10.2. The number of hydrogen-bond donors (Lipinski definition) is 0. The van der Waals surface area contributed by atoms with Crippen molar-refractivity contribution in [3.8, 4) is 0 Å². The van der Waals surface area contributed by atoms with Gasteiger partial charge in [0.2, 0.25) is 0 Å². The van der Waals surface area contributed by atoms with Gasteiger partial charge in [-0.15, -0.1) is 0 Å². The van der Waals surface area contributed by atoms with Crippen LogP contribution in [0.1, 0.15) is 40.5 Å². The molecule has 0 amide bonds. The third kappa shape index (κ3) is 7.31. The predicted octanol–water partition coefficient (Wildman–Crippen LogP) is 6.25. The lowest BCUT2D eigenvalue weighted by Crippen LogP contribution is -2.43. The van der Waals surface area contributed by atoms with Gasteiger partial charge in [-0.1, -0.05) is 67.1 Å². The van der Waals surface area contributed by atoms with Gasteiger partial charge < -0.3 is 4.43 Å². The molecule has 0 aromatic carbocycles. The predicted molar refractivity (Wildman–Crippen MR) is 94.1 cm³/mol. The molecule has 0 bridgehead atoms. The molecule has 4 heteroatoms. The van der Waals surface area contributed by atoms with Crippen LogP contribution in [0.25, 0.3) is 0 Å². The molecule has 0 fully saturated rings. The van der Waals surface area contributed by atoms with E-state index in [9.17, 15) is 0 Å². The third-order valence-electron chi connectivity index (χ3n) is 3.42. The van der Waals surface area contributed by atoms with E-state index in [0.29, 0.717) is 0 Å². The molecular weight excluding hydrogens is 375 g/mol. The highest BCUT2D eigenvalue weighted by Gasteiger charge is 2.38. The maximum absolute atomic E-state index is 6.44. The van der Waals surface area contributed by atoms with Gasteiger partial charge in [-0.25, -0.2) is 0 Å². The minimum atomic E-state index is -1.70. The van der Waals surface area contributed by atoms with Gasteiger partial charge >= 0.3 is 0 Å². The van der Waals surface area contributed by atoms with E-state index in [-0.39, 0.29) is 11.1 Å². The van der Waals surface area contributed by atoms with Gasteiger partial charge in [0.1, 0.15) is 0 Å². The Hall–Kier alpha value is 0.677. The summed E-state index contributed by atoms with van der Waals surface area (Å²) in [6, 6.07) is 0. The van der Waals surface area contributed by atoms with E-state index in [1.165, 1.54) is 0 Å². The van der Waals surface area contributed by atoms with Crippen molar-refractivity contribution in [1.82, 2.24) is 0 Å². The second kappa shape index (κ2) is 8.07. The average molecular weight is 401 g/mol. The first-order valence-corrected chi connectivity index (χ1v) is 10.9. The SMILES string of the molecule is CC(Cl)=CC[C@@H](CC=CI)O[Si](C)(C)C(C)(C)C. The van der Waals surface area contributed by atoms with E-state index in [4.69, 9.17) is 16.0 Å². The molecule has 0 aliphatic rings. The highest BCUT2D eigenvalue weighted by atomic mass is 127. The largest absolute Gasteiger partial charge is 0.413 e. The molecule has 0 unspecified atom stereocenters. The normalized spacial score (nSPS) is 16.3. The summed E-state index contributed by atoms with van der Waals surface area (Å²) in [6.07, 6.45) is 6.31. The fraction of sp³-hybridized carbons (Fsp3) is 0.714. The topological polar surface area (TPSA) is 9.23 Å². The third-order valence-corrected chi connectivity index (χ3v) is 8.62. The van der Waals surface area contributed by atoms with E-state index in [1.807, 2.05) is 6.92 Å². The number of allylic oxidation sites excluding steroid dienone is 1. The van der Waals surface area contributed by atoms with E-state index >= 15 is 0 Å². The molecule has 106 valence electrons. The quantitative estimate of drug-likeness (QED) is 0.378. The molecule has 0 rings (SSSR count). The van der Waals surface area contributed by atoms with Gasteiger partial charge in [-0.05, 0) is 42.0 Å². The summed E-state index contributed by atoms with van der Waals surface area (Å²) in [5.74, 6) is 0. The molecule has 0 radical (unpaired) electrons. The first-order valence-electron chi connectivity index (χ1n) is 6.35. The Bertz CT molecular complexity index is 301. The van der Waals surface area contributed by atoms with Crippen LogP contribution in [-0.2, 0) is 4.43 Å². The Kier molecular flexibility index (Phi) is 8.38. The van der Waals surface area contributed by atoms with E-state index in [2.05, 4.69) is 72.7 Å². The number of rotatable bonds is 6. The van der Waals surface area contributed by atoms with Gasteiger partial charge in [0.05, 0.1) is 6.10 Å². The van der Waals surface area contributed by atoms with E-state index < -0.39 is 8.32 Å². The summed E-state index contributed by atoms with van der Waals surface area (Å²) >= 11 is 8.16. The summed E-state index contributed by atoms with van der Waals surface area (Å²) in [5, 5.41) is 1.09. The molecule has 0 aliphatic carbocycles. The molecule has 0 heterocycles. The van der Waals surface area contributed by atoms with Crippen molar-refractivity contribution in [3.05, 3.63) is 21.3 Å². The van der Waals surface area contributed by atoms with Crippen LogP contribution in [0.3, 0.4) is 0 Å². The maximum Gasteiger partial charge on any atom is 0.192 e. The molecule has 1 nitrogen and oxygen atoms in total. The van der Waals surface area contributed by atoms with Crippen LogP contribution in [0.15, 0.2) is 21.3 Å². The molecule has 0 saturated heterocycles. The Labute approximate surface area is 132 Å². The van der Waals surface area contributed by atoms with Crippen LogP contribution < -0.4 is 0 Å². The van der Waals surface area contributed by atoms with E-state index in [1.54, 1.807) is 0 Å². The summed E-state index contributed by atoms with van der Waals surface area (Å²) in [7, 11) is -1.70. The van der Waals surface area contributed by atoms with Gasteiger partial charge in [0.15, 0.2) is 8.32 Å². The summed E-state index contributed by atoms with van der Waals surface area (Å²) in [5.41, 5.74) is 0. The summed E-state index contributed by atoms with van der Waals surface area (Å²) in [4.78, 5) is 0. The molecule has 0 aromatic heterocycles. The molecule has 0 aromatic rings. The van der Waals surface area contributed by atoms with Crippen LogP contribution in [-0.4, -0.2) is 14.4 Å². The second-order valence-electron chi connectivity index (χ2n) is 6.12. The van der Waals surface area contributed by atoms with Crippen molar-refractivity contribution < 1.29 is 4.43 Å².